The van der Waals surface area contributed by atoms with E-state index in [0.717, 1.165) is 6.07 Å². The molecular weight excluding hydrogens is 262 g/mol. The number of hydrogen-bond acceptors (Lipinski definition) is 6. The van der Waals surface area contributed by atoms with Crippen LogP contribution in [0.15, 0.2) is 42.7 Å². The number of nitrogens with one attached hydrogen (secondary N) is 2. The normalized spacial score (nSPS) is 9.85. The van der Waals surface area contributed by atoms with Crippen LogP contribution in [0.4, 0.5) is 17.1 Å². The van der Waals surface area contributed by atoms with Gasteiger partial charge in [-0.05, 0) is 18.2 Å². The first-order valence-electron chi connectivity index (χ1n) is 5.58. The number of carbonyl (C=O) groups is 1. The van der Waals surface area contributed by atoms with Gasteiger partial charge in [-0.3, -0.25) is 25.7 Å². The van der Waals surface area contributed by atoms with Gasteiger partial charge in [-0.15, -0.1) is 0 Å². The molecule has 0 spiro atoms. The summed E-state index contributed by atoms with van der Waals surface area (Å²) in [7, 11) is 0. The van der Waals surface area contributed by atoms with Crippen molar-refractivity contribution in [1.29, 1.82) is 0 Å². The second kappa shape index (κ2) is 5.76. The summed E-state index contributed by atoms with van der Waals surface area (Å²) in [5.74, 6) is 4.79. The zero-order valence-corrected chi connectivity index (χ0v) is 10.2. The van der Waals surface area contributed by atoms with Crippen LogP contribution in [0.25, 0.3) is 0 Å². The molecule has 0 saturated carbocycles. The van der Waals surface area contributed by atoms with E-state index in [4.69, 9.17) is 5.84 Å². The third kappa shape index (κ3) is 2.87. The summed E-state index contributed by atoms with van der Waals surface area (Å²) >= 11 is 0. The number of rotatable bonds is 4. The molecule has 0 bridgehead atoms. The molecule has 8 nitrogen and oxygen atoms in total. The van der Waals surface area contributed by atoms with Crippen molar-refractivity contribution < 1.29 is 9.72 Å². The van der Waals surface area contributed by atoms with Crippen molar-refractivity contribution in [3.8, 4) is 0 Å². The minimum atomic E-state index is -0.580. The lowest BCUT2D eigenvalue weighted by Crippen LogP contribution is -2.17. The van der Waals surface area contributed by atoms with Gasteiger partial charge in [0, 0.05) is 30.2 Å². The van der Waals surface area contributed by atoms with Crippen molar-refractivity contribution in [3.63, 3.8) is 0 Å². The van der Waals surface area contributed by atoms with Crippen LogP contribution in [0.3, 0.4) is 0 Å². The zero-order chi connectivity index (χ0) is 14.5. The first kappa shape index (κ1) is 13.4. The highest BCUT2D eigenvalue weighted by Crippen LogP contribution is 2.22. The number of nitro groups is 1. The van der Waals surface area contributed by atoms with E-state index in [9.17, 15) is 14.9 Å². The number of pyridine rings is 1. The molecule has 0 fully saturated rings. The van der Waals surface area contributed by atoms with Gasteiger partial charge in [0.2, 0.25) is 0 Å². The monoisotopic (exact) mass is 273 g/mol. The van der Waals surface area contributed by atoms with Gasteiger partial charge in [0.15, 0.2) is 0 Å². The molecule has 102 valence electrons. The van der Waals surface area contributed by atoms with Crippen molar-refractivity contribution >= 4 is 23.0 Å². The van der Waals surface area contributed by atoms with Crippen LogP contribution in [-0.2, 0) is 0 Å². The molecule has 1 aromatic carbocycles. The summed E-state index contributed by atoms with van der Waals surface area (Å²) in [6.07, 6.45) is 3.04. The van der Waals surface area contributed by atoms with E-state index >= 15 is 0 Å². The summed E-state index contributed by atoms with van der Waals surface area (Å²) in [4.78, 5) is 26.1. The molecule has 4 N–H and O–H groups in total. The zero-order valence-electron chi connectivity index (χ0n) is 10.2. The number of amides is 1. The largest absolute Gasteiger partial charge is 0.323 e. The Kier molecular flexibility index (Phi) is 3.87. The molecule has 0 aliphatic rings. The Morgan fingerprint density at radius 3 is 2.55 bits per heavy atom. The summed E-state index contributed by atoms with van der Waals surface area (Å²) in [6, 6.07) is 7.00. The highest BCUT2D eigenvalue weighted by molar-refractivity contribution is 6.08. The third-order valence-corrected chi connectivity index (χ3v) is 2.55. The van der Waals surface area contributed by atoms with Crippen molar-refractivity contribution in [1.82, 2.24) is 4.98 Å². The number of nitrogens with two attached hydrogens (primary N) is 1. The highest BCUT2D eigenvalue weighted by atomic mass is 16.6. The lowest BCUT2D eigenvalue weighted by Gasteiger charge is -2.09. The van der Waals surface area contributed by atoms with Crippen LogP contribution in [0, 0.1) is 10.1 Å². The number of nitrogens with zero attached hydrogens (tertiary/aromatic N) is 2. The fourth-order valence-electron chi connectivity index (χ4n) is 1.59. The summed E-state index contributed by atoms with van der Waals surface area (Å²) in [5.41, 5.74) is 3.04. The number of nitro benzene ring substituents is 1. The molecule has 0 aliphatic heterocycles. The molecule has 1 heterocycles. The minimum absolute atomic E-state index is 0.0820. The predicted octanol–water partition coefficient (Wildman–Crippen LogP) is 1.53. The maximum absolute atomic E-state index is 12.1. The van der Waals surface area contributed by atoms with Crippen molar-refractivity contribution in [2.75, 3.05) is 10.7 Å². The minimum Gasteiger partial charge on any atom is -0.323 e. The van der Waals surface area contributed by atoms with E-state index < -0.39 is 10.8 Å². The molecular formula is C12H11N5O3. The molecule has 0 unspecified atom stereocenters. The number of nitrogen functional groups attached to an aromatic ring is 1. The van der Waals surface area contributed by atoms with Gasteiger partial charge in [-0.1, -0.05) is 0 Å². The summed E-state index contributed by atoms with van der Waals surface area (Å²) in [6.45, 7) is 0. The Bertz CT molecular complexity index is 645. The molecule has 1 amide bonds. The number of aromatic nitrogens is 1. The van der Waals surface area contributed by atoms with E-state index in [1.165, 1.54) is 24.5 Å². The summed E-state index contributed by atoms with van der Waals surface area (Å²) < 4.78 is 0. The number of anilines is 2. The Balaban J connectivity index is 2.32. The Labute approximate surface area is 113 Å². The molecule has 2 rings (SSSR count). The lowest BCUT2D eigenvalue weighted by molar-refractivity contribution is -0.384. The molecule has 0 saturated heterocycles. The molecule has 2 aromatic rings. The van der Waals surface area contributed by atoms with Crippen molar-refractivity contribution in [3.05, 3.63) is 58.4 Å². The highest BCUT2D eigenvalue weighted by Gasteiger charge is 2.16. The average molecular weight is 273 g/mol. The van der Waals surface area contributed by atoms with Gasteiger partial charge in [0.05, 0.1) is 16.2 Å². The van der Waals surface area contributed by atoms with Gasteiger partial charge in [-0.25, -0.2) is 0 Å². The fraction of sp³-hybridized carbons (Fsp3) is 0. The molecule has 0 aliphatic carbocycles. The number of carbonyl (C=O) groups excluding carboxylic acids is 1. The number of hydrogen-bond donors (Lipinski definition) is 3. The fourth-order valence-corrected chi connectivity index (χ4v) is 1.59. The van der Waals surface area contributed by atoms with Crippen LogP contribution in [-0.4, -0.2) is 15.8 Å². The number of benzene rings is 1. The third-order valence-electron chi connectivity index (χ3n) is 2.55. The maximum Gasteiger partial charge on any atom is 0.270 e. The van der Waals surface area contributed by atoms with E-state index in [1.54, 1.807) is 12.1 Å². The average Bonchev–Trinajstić information content (AvgIpc) is 2.47. The van der Waals surface area contributed by atoms with Crippen LogP contribution < -0.4 is 16.6 Å². The lowest BCUT2D eigenvalue weighted by atomic mass is 10.1. The van der Waals surface area contributed by atoms with Gasteiger partial charge in [0.1, 0.15) is 0 Å². The summed E-state index contributed by atoms with van der Waals surface area (Å²) in [5, 5.41) is 13.3. The first-order valence-corrected chi connectivity index (χ1v) is 5.58. The van der Waals surface area contributed by atoms with Crippen LogP contribution in [0.2, 0.25) is 0 Å². The molecule has 1 aromatic heterocycles. The van der Waals surface area contributed by atoms with Crippen LogP contribution in [0.5, 0.6) is 0 Å². The Morgan fingerprint density at radius 2 is 1.95 bits per heavy atom. The first-order chi connectivity index (χ1) is 9.61. The Morgan fingerprint density at radius 1 is 1.25 bits per heavy atom. The maximum atomic E-state index is 12.1. The second-order valence-electron chi connectivity index (χ2n) is 3.82. The van der Waals surface area contributed by atoms with E-state index in [0.29, 0.717) is 11.4 Å². The second-order valence-corrected chi connectivity index (χ2v) is 3.82. The van der Waals surface area contributed by atoms with Crippen LogP contribution in [0.1, 0.15) is 10.4 Å². The molecule has 0 radical (unpaired) electrons. The SMILES string of the molecule is NNc1ccc([N+](=O)[O-])cc1C(=O)Nc1ccncc1. The predicted molar refractivity (Wildman–Crippen MR) is 73.1 cm³/mol. The van der Waals surface area contributed by atoms with Crippen LogP contribution >= 0.6 is 0 Å². The van der Waals surface area contributed by atoms with Crippen molar-refractivity contribution in [2.24, 2.45) is 5.84 Å². The Hall–Kier alpha value is -3.00. The van der Waals surface area contributed by atoms with Crippen molar-refractivity contribution in [2.45, 2.75) is 0 Å². The number of non-ortho nitro benzene ring substituents is 1. The van der Waals surface area contributed by atoms with Gasteiger partial charge >= 0.3 is 0 Å². The van der Waals surface area contributed by atoms with Gasteiger partial charge in [-0.2, -0.15) is 0 Å². The van der Waals surface area contributed by atoms with Gasteiger partial charge in [0.25, 0.3) is 11.6 Å². The van der Waals surface area contributed by atoms with E-state index in [1.807, 2.05) is 0 Å². The molecule has 8 heteroatoms. The van der Waals surface area contributed by atoms with E-state index in [2.05, 4.69) is 15.7 Å². The molecule has 20 heavy (non-hydrogen) atoms. The van der Waals surface area contributed by atoms with E-state index in [-0.39, 0.29) is 11.3 Å². The quantitative estimate of drug-likeness (QED) is 0.441. The van der Waals surface area contributed by atoms with Gasteiger partial charge < -0.3 is 10.7 Å². The topological polar surface area (TPSA) is 123 Å². The molecule has 0 atom stereocenters. The smallest absolute Gasteiger partial charge is 0.270 e. The number of hydrazine groups is 1. The standard InChI is InChI=1S/C12H11N5O3/c13-16-11-2-1-9(17(19)20)7-10(11)12(18)15-8-3-5-14-6-4-8/h1-7,16H,13H2,(H,14,15,18).